The van der Waals surface area contributed by atoms with Gasteiger partial charge in [0.2, 0.25) is 0 Å². The maximum atomic E-state index is 11.7. The second-order valence-electron chi connectivity index (χ2n) is 8.00. The Labute approximate surface area is 190 Å². The molecule has 0 radical (unpaired) electrons. The van der Waals surface area contributed by atoms with Crippen molar-refractivity contribution in [2.24, 2.45) is 0 Å². The third kappa shape index (κ3) is 5.53. The van der Waals surface area contributed by atoms with Crippen LogP contribution in [0.3, 0.4) is 0 Å². The van der Waals surface area contributed by atoms with Gasteiger partial charge in [-0.1, -0.05) is 127 Å². The van der Waals surface area contributed by atoms with E-state index in [4.69, 9.17) is 0 Å². The lowest BCUT2D eigenvalue weighted by atomic mass is 9.87. The second-order valence-corrected chi connectivity index (χ2v) is 8.00. The first-order valence-electron chi connectivity index (χ1n) is 11.0. The van der Waals surface area contributed by atoms with E-state index in [2.05, 4.69) is 60.4 Å². The van der Waals surface area contributed by atoms with E-state index in [9.17, 15) is 5.11 Å². The van der Waals surface area contributed by atoms with Crippen LogP contribution in [0, 0.1) is 11.8 Å². The monoisotopic (exact) mass is 418 g/mol. The highest BCUT2D eigenvalue weighted by atomic mass is 16.3. The number of hydrogen-bond acceptors (Lipinski definition) is 1. The largest absolute Gasteiger partial charge is 0.369 e. The molecule has 0 fully saturated rings. The fraction of sp³-hybridized carbons (Fsp3) is 0.133. The Bertz CT molecular complexity index is 1070. The van der Waals surface area contributed by atoms with Crippen LogP contribution in [0.2, 0.25) is 0 Å². The summed E-state index contributed by atoms with van der Waals surface area (Å²) in [6, 6.07) is 40.4. The summed E-state index contributed by atoms with van der Waals surface area (Å²) in [4.78, 5) is 1.33. The van der Waals surface area contributed by atoms with Gasteiger partial charge in [-0.3, -0.25) is 0 Å². The van der Waals surface area contributed by atoms with Gasteiger partial charge in [-0.15, -0.1) is 0 Å². The van der Waals surface area contributed by atoms with Gasteiger partial charge in [-0.05, 0) is 5.92 Å². The Morgan fingerprint density at radius 1 is 0.562 bits per heavy atom. The molecule has 0 heterocycles. The van der Waals surface area contributed by atoms with Crippen molar-refractivity contribution in [3.05, 3.63) is 144 Å². The van der Waals surface area contributed by atoms with Crippen LogP contribution in [0.15, 0.2) is 121 Å². The highest BCUT2D eigenvalue weighted by Gasteiger charge is 2.29. The number of benzene rings is 4. The van der Waals surface area contributed by atoms with Gasteiger partial charge in [0.05, 0.1) is 0 Å². The van der Waals surface area contributed by atoms with Crippen molar-refractivity contribution >= 4 is 0 Å². The van der Waals surface area contributed by atoms with Gasteiger partial charge in [0, 0.05) is 22.3 Å². The molecule has 32 heavy (non-hydrogen) atoms. The van der Waals surface area contributed by atoms with Crippen LogP contribution in [0.1, 0.15) is 22.3 Å². The molecule has 0 aliphatic carbocycles. The fourth-order valence-corrected chi connectivity index (χ4v) is 3.92. The third-order valence-electron chi connectivity index (χ3n) is 5.58. The van der Waals surface area contributed by atoms with Gasteiger partial charge in [0.1, 0.15) is 19.6 Å². The quantitative estimate of drug-likeness (QED) is 0.432. The first-order valence-corrected chi connectivity index (χ1v) is 11.0. The van der Waals surface area contributed by atoms with Crippen LogP contribution in [-0.4, -0.2) is 11.7 Å². The maximum absolute atomic E-state index is 11.7. The molecule has 4 aromatic rings. The maximum Gasteiger partial charge on any atom is 0.177 e. The number of hydrogen-bond donors (Lipinski definition) is 2. The van der Waals surface area contributed by atoms with Crippen molar-refractivity contribution in [2.75, 3.05) is 6.54 Å². The highest BCUT2D eigenvalue weighted by Crippen LogP contribution is 2.28. The second kappa shape index (κ2) is 10.6. The van der Waals surface area contributed by atoms with E-state index >= 15 is 0 Å². The molecule has 2 heteroatoms. The summed E-state index contributed by atoms with van der Waals surface area (Å²) < 4.78 is 0. The Hall–Kier alpha value is -3.64. The van der Waals surface area contributed by atoms with Crippen molar-refractivity contribution in [2.45, 2.75) is 18.7 Å². The van der Waals surface area contributed by atoms with Crippen molar-refractivity contribution < 1.29 is 10.0 Å². The van der Waals surface area contributed by atoms with E-state index in [1.54, 1.807) is 0 Å². The lowest BCUT2D eigenvalue weighted by molar-refractivity contribution is -0.920. The molecule has 4 aromatic carbocycles. The van der Waals surface area contributed by atoms with Gasteiger partial charge in [-0.2, -0.15) is 0 Å². The predicted octanol–water partition coefficient (Wildman–Crippen LogP) is 4.21. The van der Waals surface area contributed by atoms with Crippen molar-refractivity contribution in [3.8, 4) is 11.8 Å². The van der Waals surface area contributed by atoms with Crippen LogP contribution in [0.4, 0.5) is 0 Å². The Balaban J connectivity index is 1.61. The lowest BCUT2D eigenvalue weighted by Crippen LogP contribution is -3.09. The fourth-order valence-electron chi connectivity index (χ4n) is 3.92. The van der Waals surface area contributed by atoms with Crippen LogP contribution in [-0.2, 0) is 18.7 Å². The molecule has 0 saturated carbocycles. The van der Waals surface area contributed by atoms with E-state index in [-0.39, 0.29) is 0 Å². The number of quaternary nitrogens is 1. The summed E-state index contributed by atoms with van der Waals surface area (Å²) in [6.07, 6.45) is 0. The van der Waals surface area contributed by atoms with Crippen LogP contribution >= 0.6 is 0 Å². The SMILES string of the molecule is OC(C#CC[NH+](Cc1ccccc1)Cc1ccccc1)(c1ccccc1)c1ccccc1. The van der Waals surface area contributed by atoms with E-state index in [1.165, 1.54) is 16.0 Å². The summed E-state index contributed by atoms with van der Waals surface area (Å²) in [5, 5.41) is 11.7. The predicted molar refractivity (Wildman–Crippen MR) is 130 cm³/mol. The molecule has 0 aliphatic heterocycles. The molecule has 0 aliphatic rings. The van der Waals surface area contributed by atoms with Crippen molar-refractivity contribution in [1.29, 1.82) is 0 Å². The normalized spacial score (nSPS) is 11.1. The first kappa shape index (κ1) is 21.6. The molecule has 158 valence electrons. The van der Waals surface area contributed by atoms with E-state index in [0.29, 0.717) is 6.54 Å². The van der Waals surface area contributed by atoms with Crippen molar-refractivity contribution in [1.82, 2.24) is 0 Å². The minimum absolute atomic E-state index is 0.631. The van der Waals surface area contributed by atoms with Gasteiger partial charge < -0.3 is 10.0 Å². The van der Waals surface area contributed by atoms with Gasteiger partial charge in [0.25, 0.3) is 0 Å². The Morgan fingerprint density at radius 2 is 0.938 bits per heavy atom. The zero-order valence-electron chi connectivity index (χ0n) is 18.1. The number of aliphatic hydroxyl groups is 1. The molecule has 2 nitrogen and oxygen atoms in total. The van der Waals surface area contributed by atoms with E-state index < -0.39 is 5.60 Å². The summed E-state index contributed by atoms with van der Waals surface area (Å²) in [6.45, 7) is 2.38. The molecular formula is C30H28NO+. The number of nitrogens with one attached hydrogen (secondary N) is 1. The number of rotatable bonds is 7. The molecule has 0 aromatic heterocycles. The summed E-state index contributed by atoms with van der Waals surface area (Å²) in [5.74, 6) is 6.54. The minimum atomic E-state index is -1.34. The molecule has 0 amide bonds. The third-order valence-corrected chi connectivity index (χ3v) is 5.58. The first-order chi connectivity index (χ1) is 15.7. The van der Waals surface area contributed by atoms with Crippen LogP contribution in [0.25, 0.3) is 0 Å². The Kier molecular flexibility index (Phi) is 7.15. The molecule has 4 rings (SSSR count). The standard InChI is InChI=1S/C30H27NO/c32-30(28-18-9-3-10-19-28,29-20-11-4-12-21-29)22-13-23-31(24-26-14-5-1-6-15-26)25-27-16-7-2-8-17-27/h1-12,14-21,32H,23-25H2/p+1. The Morgan fingerprint density at radius 3 is 1.34 bits per heavy atom. The van der Waals surface area contributed by atoms with E-state index in [1.807, 2.05) is 72.8 Å². The molecule has 0 atom stereocenters. The van der Waals surface area contributed by atoms with Crippen LogP contribution in [0.5, 0.6) is 0 Å². The van der Waals surface area contributed by atoms with Gasteiger partial charge in [-0.25, -0.2) is 0 Å². The van der Waals surface area contributed by atoms with Gasteiger partial charge >= 0.3 is 0 Å². The molecular weight excluding hydrogens is 390 g/mol. The minimum Gasteiger partial charge on any atom is -0.369 e. The summed E-state index contributed by atoms with van der Waals surface area (Å²) >= 11 is 0. The van der Waals surface area contributed by atoms with Crippen LogP contribution < -0.4 is 4.90 Å². The highest BCUT2D eigenvalue weighted by molar-refractivity contribution is 5.44. The average molecular weight is 419 g/mol. The zero-order valence-corrected chi connectivity index (χ0v) is 18.1. The average Bonchev–Trinajstić information content (AvgIpc) is 2.86. The van der Waals surface area contributed by atoms with Crippen molar-refractivity contribution in [3.63, 3.8) is 0 Å². The smallest absolute Gasteiger partial charge is 0.177 e. The molecule has 0 bridgehead atoms. The van der Waals surface area contributed by atoms with Gasteiger partial charge in [0.15, 0.2) is 5.60 Å². The molecule has 0 saturated heterocycles. The summed E-state index contributed by atoms with van der Waals surface area (Å²) in [7, 11) is 0. The molecule has 2 N–H and O–H groups in total. The topological polar surface area (TPSA) is 24.7 Å². The zero-order chi connectivity index (χ0) is 22.1. The summed E-state index contributed by atoms with van der Waals surface area (Å²) in [5.41, 5.74) is 2.79. The lowest BCUT2D eigenvalue weighted by Gasteiger charge is -2.24. The molecule has 0 spiro atoms. The molecule has 0 unspecified atom stereocenters. The van der Waals surface area contributed by atoms with E-state index in [0.717, 1.165) is 24.2 Å².